The minimum atomic E-state index is -0.0984. The highest BCUT2D eigenvalue weighted by atomic mass is 28.3. The lowest BCUT2D eigenvalue weighted by atomic mass is 10.5. The normalized spacial score (nSPS) is 9.22. The molecule has 4 heteroatoms. The van der Waals surface area contributed by atoms with E-state index in [4.69, 9.17) is 5.53 Å². The van der Waals surface area contributed by atoms with E-state index >= 15 is 0 Å². The van der Waals surface area contributed by atoms with E-state index in [0.29, 0.717) is 6.54 Å². The van der Waals surface area contributed by atoms with E-state index in [1.165, 1.54) is 6.04 Å². The van der Waals surface area contributed by atoms with Gasteiger partial charge in [-0.2, -0.15) is 0 Å². The van der Waals surface area contributed by atoms with Gasteiger partial charge >= 0.3 is 0 Å². The van der Waals surface area contributed by atoms with Crippen molar-refractivity contribution in [1.29, 1.82) is 0 Å². The van der Waals surface area contributed by atoms with Gasteiger partial charge in [-0.15, -0.1) is 0 Å². The standard InChI is InChI=1S/C5H12N3Si/c1-9(2)5-3-4-7-8-6/h3-5H2,1-2H3. The third kappa shape index (κ3) is 7.53. The number of hydrogen-bond donors (Lipinski definition) is 0. The Hall–Kier alpha value is -0.473. The summed E-state index contributed by atoms with van der Waals surface area (Å²) >= 11 is 0. The van der Waals surface area contributed by atoms with Crippen LogP contribution in [0.2, 0.25) is 19.1 Å². The quantitative estimate of drug-likeness (QED) is 0.190. The maximum Gasteiger partial charge on any atom is 0.0412 e. The molecule has 9 heavy (non-hydrogen) atoms. The summed E-state index contributed by atoms with van der Waals surface area (Å²) in [5.41, 5.74) is 7.90. The molecule has 0 aliphatic rings. The van der Waals surface area contributed by atoms with Crippen LogP contribution in [0.5, 0.6) is 0 Å². The topological polar surface area (TPSA) is 48.8 Å². The highest BCUT2D eigenvalue weighted by Crippen LogP contribution is 1.96. The van der Waals surface area contributed by atoms with Crippen molar-refractivity contribution in [3.05, 3.63) is 10.4 Å². The summed E-state index contributed by atoms with van der Waals surface area (Å²) in [5, 5.41) is 3.44. The summed E-state index contributed by atoms with van der Waals surface area (Å²) in [6, 6.07) is 1.25. The lowest BCUT2D eigenvalue weighted by molar-refractivity contribution is 0.910. The first-order chi connectivity index (χ1) is 4.27. The summed E-state index contributed by atoms with van der Waals surface area (Å²) in [6.07, 6.45) is 1.06. The highest BCUT2D eigenvalue weighted by Gasteiger charge is 1.92. The number of azide groups is 1. The molecule has 0 heterocycles. The zero-order chi connectivity index (χ0) is 7.11. The maximum atomic E-state index is 7.90. The van der Waals surface area contributed by atoms with Crippen molar-refractivity contribution >= 4 is 8.80 Å². The van der Waals surface area contributed by atoms with Gasteiger partial charge in [0.25, 0.3) is 0 Å². The Morgan fingerprint density at radius 3 is 2.67 bits per heavy atom. The summed E-state index contributed by atoms with van der Waals surface area (Å²) in [7, 11) is -0.0984. The molecule has 0 aromatic heterocycles. The molecule has 0 saturated carbocycles. The monoisotopic (exact) mass is 142 g/mol. The van der Waals surface area contributed by atoms with Crippen LogP contribution in [0.4, 0.5) is 0 Å². The summed E-state index contributed by atoms with van der Waals surface area (Å²) in [5.74, 6) is 0. The Bertz CT molecular complexity index is 107. The van der Waals surface area contributed by atoms with Crippen LogP contribution in [-0.4, -0.2) is 15.3 Å². The third-order valence-corrected chi connectivity index (χ3v) is 2.35. The van der Waals surface area contributed by atoms with Gasteiger partial charge in [0.05, 0.1) is 0 Å². The second-order valence-corrected chi connectivity index (χ2v) is 5.18. The Kier molecular flexibility index (Phi) is 5.36. The zero-order valence-corrected chi connectivity index (χ0v) is 6.96. The summed E-state index contributed by atoms with van der Waals surface area (Å²) in [6.45, 7) is 5.20. The fourth-order valence-corrected chi connectivity index (χ4v) is 1.41. The number of nitrogens with zero attached hydrogens (tertiary/aromatic N) is 3. The molecule has 0 atom stereocenters. The Labute approximate surface area is 57.3 Å². The van der Waals surface area contributed by atoms with E-state index in [1.807, 2.05) is 0 Å². The van der Waals surface area contributed by atoms with E-state index in [2.05, 4.69) is 23.1 Å². The van der Waals surface area contributed by atoms with Crippen molar-refractivity contribution in [2.24, 2.45) is 5.11 Å². The van der Waals surface area contributed by atoms with Gasteiger partial charge in [-0.25, -0.2) is 0 Å². The van der Waals surface area contributed by atoms with Crippen LogP contribution in [0, 0.1) is 0 Å². The van der Waals surface area contributed by atoms with E-state index in [-0.39, 0.29) is 8.80 Å². The van der Waals surface area contributed by atoms with E-state index in [0.717, 1.165) is 6.42 Å². The van der Waals surface area contributed by atoms with Crippen LogP contribution >= 0.6 is 0 Å². The van der Waals surface area contributed by atoms with Crippen molar-refractivity contribution in [3.63, 3.8) is 0 Å². The molecule has 0 N–H and O–H groups in total. The van der Waals surface area contributed by atoms with Gasteiger partial charge in [-0.05, 0) is 5.53 Å². The molecule has 3 nitrogen and oxygen atoms in total. The maximum absolute atomic E-state index is 7.90. The fraction of sp³-hybridized carbons (Fsp3) is 1.00. The van der Waals surface area contributed by atoms with Crippen LogP contribution in [0.25, 0.3) is 10.4 Å². The average molecular weight is 142 g/mol. The second-order valence-electron chi connectivity index (χ2n) is 2.27. The summed E-state index contributed by atoms with van der Waals surface area (Å²) in [4.78, 5) is 2.67. The summed E-state index contributed by atoms with van der Waals surface area (Å²) < 4.78 is 0. The Morgan fingerprint density at radius 2 is 2.22 bits per heavy atom. The molecular formula is C5H12N3Si. The predicted molar refractivity (Wildman–Crippen MR) is 40.9 cm³/mol. The molecule has 0 unspecified atom stereocenters. The lowest BCUT2D eigenvalue weighted by Gasteiger charge is -1.96. The molecule has 1 radical (unpaired) electrons. The minimum absolute atomic E-state index is 0.0984. The number of hydrogen-bond acceptors (Lipinski definition) is 1. The second kappa shape index (κ2) is 5.66. The van der Waals surface area contributed by atoms with E-state index < -0.39 is 0 Å². The largest absolute Gasteiger partial charge is 0.0940 e. The van der Waals surface area contributed by atoms with Crippen molar-refractivity contribution in [1.82, 2.24) is 0 Å². The third-order valence-electron chi connectivity index (χ3n) is 0.998. The van der Waals surface area contributed by atoms with Gasteiger partial charge in [0.2, 0.25) is 0 Å². The van der Waals surface area contributed by atoms with Crippen molar-refractivity contribution in [2.75, 3.05) is 6.54 Å². The highest BCUT2D eigenvalue weighted by molar-refractivity contribution is 6.55. The first kappa shape index (κ1) is 8.53. The van der Waals surface area contributed by atoms with Crippen LogP contribution in [0.3, 0.4) is 0 Å². The molecule has 0 aliphatic heterocycles. The van der Waals surface area contributed by atoms with Crippen LogP contribution in [-0.2, 0) is 0 Å². The van der Waals surface area contributed by atoms with Gasteiger partial charge < -0.3 is 0 Å². The lowest BCUT2D eigenvalue weighted by Crippen LogP contribution is -1.98. The van der Waals surface area contributed by atoms with Crippen molar-refractivity contribution < 1.29 is 0 Å². The van der Waals surface area contributed by atoms with Crippen LogP contribution in [0.1, 0.15) is 6.42 Å². The fourth-order valence-electron chi connectivity index (χ4n) is 0.548. The molecule has 0 bridgehead atoms. The molecule has 0 fully saturated rings. The van der Waals surface area contributed by atoms with Crippen LogP contribution in [0.15, 0.2) is 5.11 Å². The molecule has 0 aromatic rings. The minimum Gasteiger partial charge on any atom is -0.0940 e. The molecule has 0 aromatic carbocycles. The molecular weight excluding hydrogens is 130 g/mol. The predicted octanol–water partition coefficient (Wildman–Crippen LogP) is 2.44. The van der Waals surface area contributed by atoms with Crippen LogP contribution < -0.4 is 0 Å². The first-order valence-electron chi connectivity index (χ1n) is 3.07. The Morgan fingerprint density at radius 1 is 1.56 bits per heavy atom. The van der Waals surface area contributed by atoms with Gasteiger partial charge in [-0.3, -0.25) is 0 Å². The SMILES string of the molecule is C[Si](C)CCCN=[N+]=[N-]. The first-order valence-corrected chi connectivity index (χ1v) is 5.78. The van der Waals surface area contributed by atoms with E-state index in [1.54, 1.807) is 0 Å². The molecule has 0 saturated heterocycles. The van der Waals surface area contributed by atoms with Crippen molar-refractivity contribution in [2.45, 2.75) is 25.6 Å². The van der Waals surface area contributed by atoms with Gasteiger partial charge in [-0.1, -0.05) is 30.7 Å². The molecule has 0 amide bonds. The van der Waals surface area contributed by atoms with Crippen molar-refractivity contribution in [3.8, 4) is 0 Å². The van der Waals surface area contributed by atoms with E-state index in [9.17, 15) is 0 Å². The average Bonchev–Trinajstić information content (AvgIpc) is 1.80. The zero-order valence-electron chi connectivity index (χ0n) is 5.96. The smallest absolute Gasteiger partial charge is 0.0412 e. The molecule has 0 rings (SSSR count). The van der Waals surface area contributed by atoms with Gasteiger partial charge in [0.1, 0.15) is 0 Å². The molecule has 0 spiro atoms. The van der Waals surface area contributed by atoms with Gasteiger partial charge in [0.15, 0.2) is 0 Å². The number of rotatable bonds is 4. The molecule has 0 aliphatic carbocycles. The van der Waals surface area contributed by atoms with Gasteiger partial charge in [0, 0.05) is 20.3 Å². The molecule has 51 valence electrons. The Balaban J connectivity index is 3.00.